The Morgan fingerprint density at radius 2 is 1.42 bits per heavy atom. The van der Waals surface area contributed by atoms with Crippen LogP contribution in [-0.2, 0) is 47.7 Å². The molecule has 0 amide bonds. The molecule has 3 rings (SSSR count). The summed E-state index contributed by atoms with van der Waals surface area (Å²) in [6.07, 6.45) is -6.71. The van der Waals surface area contributed by atoms with Crippen molar-refractivity contribution < 1.29 is 66.7 Å². The number of rotatable bonds is 7. The molecule has 2 aliphatic heterocycles. The van der Waals surface area contributed by atoms with Crippen LogP contribution in [-0.4, -0.2) is 73.9 Å². The van der Waals surface area contributed by atoms with E-state index < -0.39 is 72.9 Å². The van der Waals surface area contributed by atoms with E-state index in [9.17, 15) is 28.8 Å². The van der Waals surface area contributed by atoms with Crippen LogP contribution in [0.4, 0.5) is 0 Å². The molecule has 1 saturated heterocycles. The van der Waals surface area contributed by atoms with Crippen LogP contribution in [0.15, 0.2) is 6.07 Å². The van der Waals surface area contributed by atoms with Crippen LogP contribution < -0.4 is 14.2 Å². The van der Waals surface area contributed by atoms with E-state index in [0.29, 0.717) is 0 Å². The van der Waals surface area contributed by atoms with Crippen molar-refractivity contribution in [2.24, 2.45) is 0 Å². The second-order valence-corrected chi connectivity index (χ2v) is 8.30. The first-order chi connectivity index (χ1) is 17.8. The third-order valence-electron chi connectivity index (χ3n) is 5.38. The first kappa shape index (κ1) is 28.4. The molecule has 2 aliphatic rings. The molecular formula is C24H26O14. The molecule has 14 heteroatoms. The van der Waals surface area contributed by atoms with E-state index in [1.165, 1.54) is 7.11 Å². The van der Waals surface area contributed by atoms with Crippen molar-refractivity contribution in [3.63, 3.8) is 0 Å². The first-order valence-electron chi connectivity index (χ1n) is 11.3. The van der Waals surface area contributed by atoms with Gasteiger partial charge in [0.25, 0.3) is 0 Å². The standard InChI is InChI=1S/C24H26O14/c1-9(25)32-8-16-19(34-11(3)27)22(36-13(5)29)23-21(37-16)17-14(24(30)38-23)7-15(33-10(2)26)18(31-6)20(17)35-12(4)28/h7,16,19,21-23H,8H2,1-6H3/t16-,19+,21+,22-,23+/m1/s1. The van der Waals surface area contributed by atoms with Crippen molar-refractivity contribution >= 4 is 35.8 Å². The van der Waals surface area contributed by atoms with Crippen LogP contribution in [0.1, 0.15) is 56.6 Å². The summed E-state index contributed by atoms with van der Waals surface area (Å²) >= 11 is 0. The highest BCUT2D eigenvalue weighted by atomic mass is 16.7. The number of hydrogen-bond donors (Lipinski definition) is 0. The maximum atomic E-state index is 13.2. The van der Waals surface area contributed by atoms with Crippen molar-refractivity contribution in [3.05, 3.63) is 17.2 Å². The smallest absolute Gasteiger partial charge is 0.339 e. The van der Waals surface area contributed by atoms with E-state index in [4.69, 9.17) is 37.9 Å². The average molecular weight is 538 g/mol. The van der Waals surface area contributed by atoms with Gasteiger partial charge < -0.3 is 37.9 Å². The Kier molecular flexibility index (Phi) is 8.56. The first-order valence-corrected chi connectivity index (χ1v) is 11.3. The lowest BCUT2D eigenvalue weighted by atomic mass is 9.85. The Labute approximate surface area is 216 Å². The van der Waals surface area contributed by atoms with Crippen LogP contribution in [0.5, 0.6) is 17.2 Å². The van der Waals surface area contributed by atoms with Crippen LogP contribution in [0.25, 0.3) is 0 Å². The van der Waals surface area contributed by atoms with Crippen LogP contribution in [0, 0.1) is 0 Å². The number of benzene rings is 1. The van der Waals surface area contributed by atoms with Gasteiger partial charge in [-0.25, -0.2) is 4.79 Å². The zero-order valence-corrected chi connectivity index (χ0v) is 21.4. The highest BCUT2D eigenvalue weighted by Crippen LogP contribution is 2.51. The average Bonchev–Trinajstić information content (AvgIpc) is 2.78. The number of methoxy groups -OCH3 is 1. The molecule has 5 atom stereocenters. The number of hydrogen-bond acceptors (Lipinski definition) is 14. The van der Waals surface area contributed by atoms with Crippen molar-refractivity contribution in [2.75, 3.05) is 13.7 Å². The minimum absolute atomic E-state index is 0.0551. The molecule has 206 valence electrons. The molecule has 0 spiro atoms. The molecule has 0 aromatic heterocycles. The summed E-state index contributed by atoms with van der Waals surface area (Å²) in [6.45, 7) is 5.10. The lowest BCUT2D eigenvalue weighted by Crippen LogP contribution is -2.60. The molecule has 0 bridgehead atoms. The van der Waals surface area contributed by atoms with E-state index >= 15 is 0 Å². The van der Waals surface area contributed by atoms with Crippen molar-refractivity contribution in [1.29, 1.82) is 0 Å². The molecule has 0 unspecified atom stereocenters. The van der Waals surface area contributed by atoms with Gasteiger partial charge in [0.1, 0.15) is 18.8 Å². The molecule has 0 radical (unpaired) electrons. The fourth-order valence-corrected chi connectivity index (χ4v) is 4.21. The summed E-state index contributed by atoms with van der Waals surface area (Å²) in [5.41, 5.74) is -0.265. The SMILES string of the molecule is COc1c(OC(C)=O)cc2c(c1OC(C)=O)[C@@H]1O[C@H](COC(C)=O)[C@H](OC(C)=O)[C@@H](OC(C)=O)[C@H]1OC2=O. The molecule has 1 aromatic carbocycles. The molecule has 38 heavy (non-hydrogen) atoms. The zero-order valence-electron chi connectivity index (χ0n) is 21.4. The Hall–Kier alpha value is -4.20. The van der Waals surface area contributed by atoms with Gasteiger partial charge in [0.2, 0.25) is 5.75 Å². The minimum atomic E-state index is -1.42. The highest BCUT2D eigenvalue weighted by molar-refractivity contribution is 5.96. The largest absolute Gasteiger partial charge is 0.490 e. The number of esters is 6. The number of carbonyl (C=O) groups is 6. The van der Waals surface area contributed by atoms with Crippen molar-refractivity contribution in [2.45, 2.75) is 65.1 Å². The highest BCUT2D eigenvalue weighted by Gasteiger charge is 2.56. The molecule has 1 aromatic rings. The Morgan fingerprint density at radius 3 is 1.95 bits per heavy atom. The molecule has 1 fully saturated rings. The predicted molar refractivity (Wildman–Crippen MR) is 120 cm³/mol. The van der Waals surface area contributed by atoms with Gasteiger partial charge in [0.15, 0.2) is 29.8 Å². The van der Waals surface area contributed by atoms with E-state index in [1.807, 2.05) is 0 Å². The zero-order chi connectivity index (χ0) is 28.3. The topological polar surface area (TPSA) is 176 Å². The van der Waals surface area contributed by atoms with E-state index in [2.05, 4.69) is 0 Å². The molecule has 0 N–H and O–H groups in total. The van der Waals surface area contributed by atoms with Gasteiger partial charge in [0, 0.05) is 40.2 Å². The Balaban J connectivity index is 2.26. The Bertz CT molecular complexity index is 1170. The second-order valence-electron chi connectivity index (χ2n) is 8.30. The maximum Gasteiger partial charge on any atom is 0.339 e. The van der Waals surface area contributed by atoms with Gasteiger partial charge in [-0.05, 0) is 6.07 Å². The van der Waals surface area contributed by atoms with E-state index in [-0.39, 0.29) is 28.4 Å². The summed E-state index contributed by atoms with van der Waals surface area (Å²) in [4.78, 5) is 72.3. The molecule has 2 heterocycles. The van der Waals surface area contributed by atoms with Crippen molar-refractivity contribution in [1.82, 2.24) is 0 Å². The van der Waals surface area contributed by atoms with E-state index in [0.717, 1.165) is 40.7 Å². The lowest BCUT2D eigenvalue weighted by molar-refractivity contribution is -0.251. The van der Waals surface area contributed by atoms with Gasteiger partial charge in [-0.15, -0.1) is 0 Å². The lowest BCUT2D eigenvalue weighted by Gasteiger charge is -2.46. The number of ether oxygens (including phenoxy) is 8. The quantitative estimate of drug-likeness (QED) is 0.272. The van der Waals surface area contributed by atoms with Gasteiger partial charge in [-0.1, -0.05) is 0 Å². The minimum Gasteiger partial charge on any atom is -0.490 e. The van der Waals surface area contributed by atoms with Gasteiger partial charge >= 0.3 is 35.8 Å². The third-order valence-corrected chi connectivity index (χ3v) is 5.38. The summed E-state index contributed by atoms with van der Waals surface area (Å²) in [7, 11) is 1.21. The number of carbonyl (C=O) groups excluding carboxylic acids is 6. The summed E-state index contributed by atoms with van der Waals surface area (Å²) < 4.78 is 43.3. The van der Waals surface area contributed by atoms with E-state index in [1.54, 1.807) is 0 Å². The molecule has 14 nitrogen and oxygen atoms in total. The van der Waals surface area contributed by atoms with Gasteiger partial charge in [0.05, 0.1) is 12.7 Å². The molecule has 0 aliphatic carbocycles. The van der Waals surface area contributed by atoms with Crippen LogP contribution in [0.3, 0.4) is 0 Å². The maximum absolute atomic E-state index is 13.2. The Morgan fingerprint density at radius 1 is 0.816 bits per heavy atom. The van der Waals surface area contributed by atoms with Gasteiger partial charge in [-0.2, -0.15) is 0 Å². The van der Waals surface area contributed by atoms with Crippen LogP contribution >= 0.6 is 0 Å². The normalized spacial score (nSPS) is 23.5. The van der Waals surface area contributed by atoms with Crippen molar-refractivity contribution in [3.8, 4) is 17.2 Å². The predicted octanol–water partition coefficient (Wildman–Crippen LogP) is 0.951. The molecular weight excluding hydrogens is 512 g/mol. The fraction of sp³-hybridized carbons (Fsp3) is 0.500. The fourth-order valence-electron chi connectivity index (χ4n) is 4.21. The second kappa shape index (κ2) is 11.5. The molecule has 0 saturated carbocycles. The monoisotopic (exact) mass is 538 g/mol. The summed E-state index contributed by atoms with van der Waals surface area (Å²) in [5, 5.41) is 0. The number of fused-ring (bicyclic) bond motifs is 3. The van der Waals surface area contributed by atoms with Crippen LogP contribution in [0.2, 0.25) is 0 Å². The summed E-state index contributed by atoms with van der Waals surface area (Å²) in [5.74, 6) is -5.59. The van der Waals surface area contributed by atoms with Gasteiger partial charge in [-0.3, -0.25) is 24.0 Å². The third kappa shape index (κ3) is 6.02. The summed E-state index contributed by atoms with van der Waals surface area (Å²) in [6, 6.07) is 1.14.